The molecule has 0 aliphatic heterocycles. The Morgan fingerprint density at radius 1 is 1.43 bits per heavy atom. The van der Waals surface area contributed by atoms with Gasteiger partial charge in [-0.3, -0.25) is 0 Å². The number of hydrogen-bond acceptors (Lipinski definition) is 3. The standard InChI is InChI=1S/C2H5N.C2H6O2/c1-2-3;3-1-2-4/h2-3H,1H3;3-4H,1-2H2. The van der Waals surface area contributed by atoms with Crippen LogP contribution >= 0.6 is 0 Å². The summed E-state index contributed by atoms with van der Waals surface area (Å²) < 4.78 is 0. The first-order valence-electron chi connectivity index (χ1n) is 2.00. The lowest BCUT2D eigenvalue weighted by atomic mass is 10.8. The van der Waals surface area contributed by atoms with E-state index in [-0.39, 0.29) is 13.2 Å². The van der Waals surface area contributed by atoms with E-state index in [0.717, 1.165) is 0 Å². The van der Waals surface area contributed by atoms with Gasteiger partial charge in [0.1, 0.15) is 0 Å². The van der Waals surface area contributed by atoms with Gasteiger partial charge in [0.15, 0.2) is 0 Å². The van der Waals surface area contributed by atoms with Crippen molar-refractivity contribution in [2.45, 2.75) is 6.92 Å². The van der Waals surface area contributed by atoms with E-state index in [1.807, 2.05) is 0 Å². The third-order valence-corrected chi connectivity index (χ3v) is 0.1000. The minimum Gasteiger partial charge on any atom is -0.394 e. The second-order valence-electron chi connectivity index (χ2n) is 0.736. The average molecular weight is 105 g/mol. The molecule has 0 aromatic carbocycles. The van der Waals surface area contributed by atoms with E-state index in [4.69, 9.17) is 15.6 Å². The summed E-state index contributed by atoms with van der Waals surface area (Å²) in [5, 5.41) is 21.3. The molecule has 0 aliphatic rings. The first-order valence-corrected chi connectivity index (χ1v) is 2.00. The van der Waals surface area contributed by atoms with E-state index in [0.29, 0.717) is 0 Å². The molecule has 3 nitrogen and oxygen atoms in total. The Morgan fingerprint density at radius 3 is 1.57 bits per heavy atom. The Morgan fingerprint density at radius 2 is 1.57 bits per heavy atom. The molecule has 7 heavy (non-hydrogen) atoms. The van der Waals surface area contributed by atoms with Crippen molar-refractivity contribution in [3.63, 3.8) is 0 Å². The van der Waals surface area contributed by atoms with Crippen LogP contribution in [-0.2, 0) is 0 Å². The second kappa shape index (κ2) is 17.6. The van der Waals surface area contributed by atoms with E-state index in [1.165, 1.54) is 6.21 Å². The highest BCUT2D eigenvalue weighted by Gasteiger charge is 1.58. The molecule has 0 spiro atoms. The monoisotopic (exact) mass is 105 g/mol. The molecule has 3 heteroatoms. The summed E-state index contributed by atoms with van der Waals surface area (Å²) in [4.78, 5) is 0. The molecule has 0 saturated heterocycles. The molecule has 0 bridgehead atoms. The van der Waals surface area contributed by atoms with Crippen molar-refractivity contribution < 1.29 is 10.2 Å². The highest BCUT2D eigenvalue weighted by molar-refractivity contribution is 5.48. The smallest absolute Gasteiger partial charge is 0.0662 e. The van der Waals surface area contributed by atoms with Crippen molar-refractivity contribution in [3.05, 3.63) is 0 Å². The molecule has 0 heterocycles. The minimum atomic E-state index is -0.125. The Labute approximate surface area is 43.1 Å². The van der Waals surface area contributed by atoms with E-state index < -0.39 is 0 Å². The number of hydrogen-bond donors (Lipinski definition) is 3. The fraction of sp³-hybridized carbons (Fsp3) is 0.750. The van der Waals surface area contributed by atoms with Crippen molar-refractivity contribution in [2.75, 3.05) is 13.2 Å². The first-order chi connectivity index (χ1) is 3.33. The molecule has 0 radical (unpaired) electrons. The van der Waals surface area contributed by atoms with Crippen LogP contribution in [0.3, 0.4) is 0 Å². The normalized spacial score (nSPS) is 6.14. The zero-order chi connectivity index (χ0) is 6.12. The van der Waals surface area contributed by atoms with Crippen LogP contribution in [0.1, 0.15) is 6.92 Å². The molecule has 0 amide bonds. The summed E-state index contributed by atoms with van der Waals surface area (Å²) in [6.45, 7) is 1.42. The van der Waals surface area contributed by atoms with Crippen LogP contribution in [0.15, 0.2) is 0 Å². The number of aliphatic hydroxyl groups is 2. The summed E-state index contributed by atoms with van der Waals surface area (Å²) in [6.07, 6.45) is 1.25. The molecule has 0 aromatic rings. The Hall–Kier alpha value is -0.410. The molecule has 0 aromatic heterocycles. The fourth-order valence-corrected chi connectivity index (χ4v) is 0. The summed E-state index contributed by atoms with van der Waals surface area (Å²) in [5.41, 5.74) is 0. The van der Waals surface area contributed by atoms with Crippen LogP contribution in [0.4, 0.5) is 0 Å². The van der Waals surface area contributed by atoms with Crippen molar-refractivity contribution in [2.24, 2.45) is 0 Å². The van der Waals surface area contributed by atoms with Crippen LogP contribution in [0.5, 0.6) is 0 Å². The van der Waals surface area contributed by atoms with Gasteiger partial charge in [0, 0.05) is 0 Å². The largest absolute Gasteiger partial charge is 0.394 e. The summed E-state index contributed by atoms with van der Waals surface area (Å²) in [5.74, 6) is 0. The minimum absolute atomic E-state index is 0.125. The molecule has 0 rings (SSSR count). The molecule has 0 aliphatic carbocycles. The van der Waals surface area contributed by atoms with Gasteiger partial charge in [-0.05, 0) is 13.1 Å². The van der Waals surface area contributed by atoms with Crippen LogP contribution in [-0.4, -0.2) is 29.6 Å². The molecule has 0 fully saturated rings. The number of aliphatic hydroxyl groups excluding tert-OH is 2. The Kier molecular flexibility index (Phi) is 24.5. The SMILES string of the molecule is CC=N.OCCO. The van der Waals surface area contributed by atoms with Gasteiger partial charge < -0.3 is 15.6 Å². The van der Waals surface area contributed by atoms with E-state index >= 15 is 0 Å². The third-order valence-electron chi connectivity index (χ3n) is 0.1000. The lowest BCUT2D eigenvalue weighted by Crippen LogP contribution is -1.85. The molecule has 3 N–H and O–H groups in total. The van der Waals surface area contributed by atoms with E-state index in [2.05, 4.69) is 0 Å². The molecule has 0 unspecified atom stereocenters. The fourth-order valence-electron chi connectivity index (χ4n) is 0. The van der Waals surface area contributed by atoms with Gasteiger partial charge in [-0.25, -0.2) is 0 Å². The quantitative estimate of drug-likeness (QED) is 0.398. The maximum atomic E-state index is 7.62. The highest BCUT2D eigenvalue weighted by Crippen LogP contribution is 1.39. The summed E-state index contributed by atoms with van der Waals surface area (Å²) in [6, 6.07) is 0. The topological polar surface area (TPSA) is 64.3 Å². The second-order valence-corrected chi connectivity index (χ2v) is 0.736. The van der Waals surface area contributed by atoms with Gasteiger partial charge in [0.05, 0.1) is 13.2 Å². The summed E-state index contributed by atoms with van der Waals surface area (Å²) in [7, 11) is 0. The molecular formula is C4H11NO2. The maximum Gasteiger partial charge on any atom is 0.0662 e. The van der Waals surface area contributed by atoms with Crippen molar-refractivity contribution >= 4 is 6.21 Å². The molecule has 0 atom stereocenters. The number of rotatable bonds is 1. The highest BCUT2D eigenvalue weighted by atomic mass is 16.3. The maximum absolute atomic E-state index is 7.62. The molecular weight excluding hydrogens is 94.0 g/mol. The van der Waals surface area contributed by atoms with Gasteiger partial charge >= 0.3 is 0 Å². The van der Waals surface area contributed by atoms with Gasteiger partial charge in [0.2, 0.25) is 0 Å². The van der Waals surface area contributed by atoms with Crippen LogP contribution in [0.2, 0.25) is 0 Å². The Balaban J connectivity index is 0. The van der Waals surface area contributed by atoms with E-state index in [9.17, 15) is 0 Å². The van der Waals surface area contributed by atoms with Crippen LogP contribution in [0.25, 0.3) is 0 Å². The Bertz CT molecular complexity index is 28.9. The lowest BCUT2D eigenvalue weighted by molar-refractivity contribution is 0.186. The summed E-state index contributed by atoms with van der Waals surface area (Å²) >= 11 is 0. The third kappa shape index (κ3) is 207. The van der Waals surface area contributed by atoms with Gasteiger partial charge in [0.25, 0.3) is 0 Å². The predicted molar refractivity (Wildman–Crippen MR) is 28.6 cm³/mol. The van der Waals surface area contributed by atoms with Crippen molar-refractivity contribution in [3.8, 4) is 0 Å². The van der Waals surface area contributed by atoms with Crippen LogP contribution in [0, 0.1) is 5.41 Å². The molecule has 0 saturated carbocycles. The van der Waals surface area contributed by atoms with Gasteiger partial charge in [-0.2, -0.15) is 0 Å². The van der Waals surface area contributed by atoms with Crippen LogP contribution < -0.4 is 0 Å². The first kappa shape index (κ1) is 9.77. The predicted octanol–water partition coefficient (Wildman–Crippen LogP) is -0.373. The van der Waals surface area contributed by atoms with E-state index in [1.54, 1.807) is 6.92 Å². The number of nitrogens with one attached hydrogen (secondary N) is 1. The zero-order valence-electron chi connectivity index (χ0n) is 4.39. The zero-order valence-corrected chi connectivity index (χ0v) is 4.39. The van der Waals surface area contributed by atoms with Gasteiger partial charge in [-0.15, -0.1) is 0 Å². The van der Waals surface area contributed by atoms with Gasteiger partial charge in [-0.1, -0.05) is 0 Å². The lowest BCUT2D eigenvalue weighted by Gasteiger charge is -1.70. The van der Waals surface area contributed by atoms with Crippen molar-refractivity contribution in [1.29, 1.82) is 5.41 Å². The average Bonchev–Trinajstić information content (AvgIpc) is 1.69. The molecule has 44 valence electrons. The van der Waals surface area contributed by atoms with Crippen molar-refractivity contribution in [1.82, 2.24) is 0 Å².